The molecule has 0 spiro atoms. The minimum absolute atomic E-state index is 0. The van der Waals surface area contributed by atoms with Crippen LogP contribution in [-0.2, 0) is 80.2 Å². The summed E-state index contributed by atoms with van der Waals surface area (Å²) in [6.07, 6.45) is 9.22. The van der Waals surface area contributed by atoms with Crippen molar-refractivity contribution in [3.63, 3.8) is 0 Å². The summed E-state index contributed by atoms with van der Waals surface area (Å²) in [7, 11) is -9.89. The van der Waals surface area contributed by atoms with Crippen molar-refractivity contribution in [2.24, 2.45) is 0 Å². The quantitative estimate of drug-likeness (QED) is 0.0328. The molecule has 0 aromatic carbocycles. The molecule has 0 unspecified atom stereocenters. The minimum atomic E-state index is -4.94. The average Bonchev–Trinajstić information content (AvgIpc) is 0.782. The molecule has 4 N–H and O–H groups in total. The zero-order valence-corrected chi connectivity index (χ0v) is 59.2. The Morgan fingerprint density at radius 1 is 0.293 bits per heavy atom. The molecule has 0 saturated heterocycles. The first-order valence-electron chi connectivity index (χ1n) is 29.4. The molecule has 532 valence electrons. The molecular weight excluding hydrogens is 1530 g/mol. The summed E-state index contributed by atoms with van der Waals surface area (Å²) in [5, 5.41) is 82.1. The van der Waals surface area contributed by atoms with Gasteiger partial charge in [-0.2, -0.15) is 0 Å². The fourth-order valence-corrected chi connectivity index (χ4v) is 8.69. The molecule has 0 amide bonds. The second-order valence-electron chi connectivity index (χ2n) is 19.0. The van der Waals surface area contributed by atoms with Crippen molar-refractivity contribution in [1.82, 2.24) is 44.9 Å². The largest absolute Gasteiger partial charge is 3.00 e. The molecule has 2 radical (unpaired) electrons. The molecular formula is C65H72Cl2GdMnN9O21. The summed E-state index contributed by atoms with van der Waals surface area (Å²) in [6.45, 7) is 13.5. The molecule has 0 aliphatic rings. The average molecular weight is 1600 g/mol. The molecule has 99 heavy (non-hydrogen) atoms. The number of aliphatic hydroxyl groups excluding tert-OH is 1. The fraction of sp³-hybridized carbons (Fsp3) is 0.308. The van der Waals surface area contributed by atoms with Crippen LogP contribution in [0.3, 0.4) is 0 Å². The molecule has 30 nitrogen and oxygen atoms in total. The van der Waals surface area contributed by atoms with Gasteiger partial charge in [0.1, 0.15) is 34.2 Å². The van der Waals surface area contributed by atoms with E-state index in [1.807, 2.05) is 0 Å². The van der Waals surface area contributed by atoms with Gasteiger partial charge in [0.25, 0.3) is 17.4 Å². The minimum Gasteiger partial charge on any atom is -0.819 e. The van der Waals surface area contributed by atoms with Crippen LogP contribution in [0.1, 0.15) is 117 Å². The van der Waals surface area contributed by atoms with Crippen LogP contribution in [0.4, 0.5) is 0 Å². The Bertz CT molecular complexity index is 3080. The van der Waals surface area contributed by atoms with Gasteiger partial charge >= 0.3 is 57.0 Å². The second kappa shape index (κ2) is 43.0. The Morgan fingerprint density at radius 3 is 0.616 bits per heavy atom. The Kier molecular flexibility index (Phi) is 38.7. The smallest absolute Gasteiger partial charge is 0.819 e. The van der Waals surface area contributed by atoms with Crippen molar-refractivity contribution in [3.05, 3.63) is 269 Å². The van der Waals surface area contributed by atoms with Crippen LogP contribution in [0, 0.1) is 60.4 Å². The Hall–Kier alpha value is -6.07. The van der Waals surface area contributed by atoms with Gasteiger partial charge in [-0.15, -0.1) is 20.5 Å². The monoisotopic (exact) mass is 1600 g/mol. The molecule has 6 atom stereocenters. The van der Waals surface area contributed by atoms with E-state index >= 15 is 0 Å². The van der Waals surface area contributed by atoms with Gasteiger partial charge in [-0.25, -0.2) is 52.2 Å². The molecule has 9 heterocycles. The zero-order chi connectivity index (χ0) is 71.8. The van der Waals surface area contributed by atoms with Crippen molar-refractivity contribution < 1.29 is 179 Å². The van der Waals surface area contributed by atoms with Gasteiger partial charge in [0, 0.05) is 83.4 Å². The summed E-state index contributed by atoms with van der Waals surface area (Å²) in [6, 6.07) is 44.6. The number of ether oxygens (including phenoxy) is 6. The van der Waals surface area contributed by atoms with E-state index in [1.165, 1.54) is 18.6 Å². The maximum atomic E-state index is 13.6. The van der Waals surface area contributed by atoms with E-state index < -0.39 is 55.2 Å². The van der Waals surface area contributed by atoms with Crippen molar-refractivity contribution in [2.75, 3.05) is 46.2 Å². The number of pyridine rings is 9. The number of hydrogen-bond acceptors (Lipinski definition) is 30. The van der Waals surface area contributed by atoms with E-state index in [2.05, 4.69) is 44.9 Å². The van der Waals surface area contributed by atoms with Crippen molar-refractivity contribution in [1.29, 1.82) is 0 Å². The molecule has 34 heteroatoms. The SMILES string of the molecule is CCO.CCO[C@]([O-])(c1ccccn1)c1cccc([C@](O)(OCC)c2ccccn2)n1.CCO[C@]([O-])(c1ccccn1)c1cccc([C@](O)(OCC)c2ccccn2)n1.CCO[C@]([O-])(c1ccccn1)c1cccc([C@](O)(OCC)c2ccccn2)n1.[Gd+3].[Mn+2].[O-][Cl+3]([O-])([O-])[O-].[O-][Cl+3]([O-])([O-])[O-]. The molecule has 9 rings (SSSR count). The van der Waals surface area contributed by atoms with Crippen molar-refractivity contribution >= 4 is 0 Å². The predicted octanol–water partition coefficient (Wildman–Crippen LogP) is -4.42. The van der Waals surface area contributed by atoms with Gasteiger partial charge in [0.2, 0.25) is 0 Å². The summed E-state index contributed by atoms with van der Waals surface area (Å²) in [4.78, 5) is 38.3. The molecule has 0 saturated carbocycles. The number of hydrogen-bond donors (Lipinski definition) is 4. The molecule has 0 aliphatic heterocycles. The third kappa shape index (κ3) is 26.4. The molecule has 9 aromatic rings. The number of nitrogens with zero attached hydrogens (tertiary/aromatic N) is 9. The van der Waals surface area contributed by atoms with Crippen LogP contribution in [0.15, 0.2) is 201 Å². The number of aliphatic hydroxyl groups is 4. The van der Waals surface area contributed by atoms with Gasteiger partial charge in [-0.05, 0) is 158 Å². The maximum absolute atomic E-state index is 13.6. The van der Waals surface area contributed by atoms with Crippen LogP contribution in [0.25, 0.3) is 0 Å². The Balaban J connectivity index is 0.000000458. The van der Waals surface area contributed by atoms with Crippen LogP contribution in [-0.4, -0.2) is 112 Å². The Morgan fingerprint density at radius 2 is 0.455 bits per heavy atom. The van der Waals surface area contributed by atoms with Gasteiger partial charge in [0.15, 0.2) is 0 Å². The van der Waals surface area contributed by atoms with Gasteiger partial charge < -0.3 is 64.2 Å². The van der Waals surface area contributed by atoms with Crippen LogP contribution < -0.4 is 52.6 Å². The fourth-order valence-electron chi connectivity index (χ4n) is 8.69. The summed E-state index contributed by atoms with van der Waals surface area (Å²) < 4.78 is 101. The first-order chi connectivity index (χ1) is 46.0. The van der Waals surface area contributed by atoms with E-state index in [9.17, 15) is 30.6 Å². The molecule has 0 fully saturated rings. The van der Waals surface area contributed by atoms with E-state index in [-0.39, 0.29) is 172 Å². The van der Waals surface area contributed by atoms with Gasteiger partial charge in [-0.3, -0.25) is 29.9 Å². The first kappa shape index (κ1) is 89.0. The summed E-state index contributed by atoms with van der Waals surface area (Å²) >= 11 is 0. The van der Waals surface area contributed by atoms with E-state index in [0.717, 1.165) is 0 Å². The van der Waals surface area contributed by atoms with Gasteiger partial charge in [-0.1, -0.05) is 54.6 Å². The van der Waals surface area contributed by atoms with Crippen LogP contribution >= 0.6 is 0 Å². The van der Waals surface area contributed by atoms with E-state index in [4.69, 9.17) is 70.8 Å². The topological polar surface area (TPSA) is 506 Å². The van der Waals surface area contributed by atoms with Crippen molar-refractivity contribution in [3.8, 4) is 0 Å². The third-order valence-electron chi connectivity index (χ3n) is 12.4. The van der Waals surface area contributed by atoms with E-state index in [1.54, 1.807) is 231 Å². The normalized spacial score (nSPS) is 14.6. The van der Waals surface area contributed by atoms with Crippen LogP contribution in [0.2, 0.25) is 0 Å². The van der Waals surface area contributed by atoms with Crippen LogP contribution in [0.5, 0.6) is 0 Å². The number of aromatic nitrogens is 9. The molecule has 9 aromatic heterocycles. The predicted molar refractivity (Wildman–Crippen MR) is 312 cm³/mol. The third-order valence-corrected chi connectivity index (χ3v) is 12.4. The Labute approximate surface area is 617 Å². The van der Waals surface area contributed by atoms with Gasteiger partial charge in [0.05, 0.1) is 51.5 Å². The number of rotatable bonds is 24. The summed E-state index contributed by atoms with van der Waals surface area (Å²) in [5.41, 5.74) is 1.98. The first-order valence-corrected chi connectivity index (χ1v) is 31.9. The summed E-state index contributed by atoms with van der Waals surface area (Å²) in [5.74, 6) is -12.1. The maximum Gasteiger partial charge on any atom is 3.00 e. The van der Waals surface area contributed by atoms with Crippen molar-refractivity contribution in [2.45, 2.75) is 83.2 Å². The van der Waals surface area contributed by atoms with E-state index in [0.29, 0.717) is 0 Å². The zero-order valence-electron chi connectivity index (χ0n) is 54.2. The standard InChI is InChI=1S/3C21H22N3O4.C2H6O.2ClHO4.Gd.Mn/c3*1-3-27-20(25,16-10-5-7-14-22-16)18-12-9-13-19(24-18)21(26,28-4-2)17-11-6-8-15-23-17;1-2-3;2*2-1(3,4)5;;/h3*5-15,25H,3-4H2,1-2H3;3H,2H2,1H3;2*(H,2,3,4,5);;/q3*-1;;;;+3;+2/p-2/t3*20-,21-;;;;;/m111...../s1. The molecule has 0 aliphatic carbocycles. The second-order valence-corrected chi connectivity index (χ2v) is 20.5. The molecule has 0 bridgehead atoms. The number of halogens is 2.